The van der Waals surface area contributed by atoms with Gasteiger partial charge in [0.2, 0.25) is 17.5 Å². The third-order valence-corrected chi connectivity index (χ3v) is 5.42. The van der Waals surface area contributed by atoms with Gasteiger partial charge in [0.05, 0.1) is 7.11 Å². The quantitative estimate of drug-likeness (QED) is 0.296. The maximum Gasteiger partial charge on any atom is 0.232 e. The number of methoxy groups -OCH3 is 1. The third-order valence-electron chi connectivity index (χ3n) is 5.42. The molecule has 0 aliphatic rings. The molecule has 5 rings (SSSR count). The van der Waals surface area contributed by atoms with Crippen LogP contribution in [0.3, 0.4) is 0 Å². The van der Waals surface area contributed by atoms with Gasteiger partial charge in [-0.15, -0.1) is 0 Å². The Hall–Kier alpha value is -4.76. The summed E-state index contributed by atoms with van der Waals surface area (Å²) in [7, 11) is 1.63. The Morgan fingerprint density at radius 1 is 0.853 bits per heavy atom. The van der Waals surface area contributed by atoms with Crippen molar-refractivity contribution < 1.29 is 13.9 Å². The number of nitrogens with one attached hydrogen (secondary N) is 1. The highest BCUT2D eigenvalue weighted by molar-refractivity contribution is 5.94. The van der Waals surface area contributed by atoms with Crippen LogP contribution in [0.1, 0.15) is 11.3 Å². The van der Waals surface area contributed by atoms with Gasteiger partial charge in [0.1, 0.15) is 23.3 Å². The van der Waals surface area contributed by atoms with Crippen LogP contribution in [0.25, 0.3) is 22.2 Å². The molecule has 34 heavy (non-hydrogen) atoms. The molecule has 4 aromatic carbocycles. The first-order chi connectivity index (χ1) is 16.7. The molecule has 0 radical (unpaired) electrons. The highest BCUT2D eigenvalue weighted by Crippen LogP contribution is 2.31. The van der Waals surface area contributed by atoms with E-state index in [1.807, 2.05) is 91.0 Å². The highest BCUT2D eigenvalue weighted by Gasteiger charge is 2.16. The number of nitriles is 1. The Bertz CT molecular complexity index is 1460. The third kappa shape index (κ3) is 4.41. The summed E-state index contributed by atoms with van der Waals surface area (Å²) in [5.74, 6) is 3.00. The van der Waals surface area contributed by atoms with Gasteiger partial charge < -0.3 is 19.2 Å². The summed E-state index contributed by atoms with van der Waals surface area (Å²) in [5.41, 5.74) is 2.08. The second kappa shape index (κ2) is 9.39. The number of ether oxygens (including phenoxy) is 2. The molecule has 0 aliphatic heterocycles. The summed E-state index contributed by atoms with van der Waals surface area (Å²) in [5, 5.41) is 14.9. The van der Waals surface area contributed by atoms with E-state index < -0.39 is 0 Å². The molecular formula is C28H21N3O3. The van der Waals surface area contributed by atoms with Crippen LogP contribution in [0.4, 0.5) is 5.88 Å². The summed E-state index contributed by atoms with van der Waals surface area (Å²) >= 11 is 0. The van der Waals surface area contributed by atoms with Crippen molar-refractivity contribution in [3.05, 3.63) is 102 Å². The summed E-state index contributed by atoms with van der Waals surface area (Å²) in [6, 6.07) is 31.2. The predicted octanol–water partition coefficient (Wildman–Crippen LogP) is 6.78. The first-order valence-electron chi connectivity index (χ1n) is 10.8. The second-order valence-electron chi connectivity index (χ2n) is 7.61. The van der Waals surface area contributed by atoms with Gasteiger partial charge in [-0.05, 0) is 58.8 Å². The number of anilines is 1. The summed E-state index contributed by atoms with van der Waals surface area (Å²) in [6.07, 6.45) is 0. The van der Waals surface area contributed by atoms with E-state index in [4.69, 9.17) is 13.9 Å². The van der Waals surface area contributed by atoms with Crippen LogP contribution in [0.15, 0.2) is 95.4 Å². The predicted molar refractivity (Wildman–Crippen MR) is 131 cm³/mol. The molecule has 1 N–H and O–H groups in total. The van der Waals surface area contributed by atoms with Gasteiger partial charge in [-0.2, -0.15) is 10.2 Å². The van der Waals surface area contributed by atoms with Crippen molar-refractivity contribution in [1.29, 1.82) is 5.26 Å². The fourth-order valence-electron chi connectivity index (χ4n) is 3.68. The Kier molecular flexibility index (Phi) is 5.83. The lowest BCUT2D eigenvalue weighted by molar-refractivity contribution is 0.413. The minimum Gasteiger partial charge on any atom is -0.497 e. The van der Waals surface area contributed by atoms with Crippen molar-refractivity contribution in [3.63, 3.8) is 0 Å². The average molecular weight is 447 g/mol. The van der Waals surface area contributed by atoms with Crippen molar-refractivity contribution >= 4 is 16.7 Å². The monoisotopic (exact) mass is 447 g/mol. The number of benzene rings is 4. The topological polar surface area (TPSA) is 80.3 Å². The molecule has 0 atom stereocenters. The van der Waals surface area contributed by atoms with Crippen LogP contribution in [0.5, 0.6) is 17.2 Å². The lowest BCUT2D eigenvalue weighted by Gasteiger charge is -2.08. The lowest BCUT2D eigenvalue weighted by atomic mass is 10.0. The van der Waals surface area contributed by atoms with Crippen LogP contribution >= 0.6 is 0 Å². The Labute approximate surface area is 197 Å². The molecule has 0 unspecified atom stereocenters. The van der Waals surface area contributed by atoms with E-state index in [1.165, 1.54) is 0 Å². The zero-order valence-electron chi connectivity index (χ0n) is 18.5. The van der Waals surface area contributed by atoms with E-state index in [0.29, 0.717) is 18.3 Å². The average Bonchev–Trinajstić information content (AvgIpc) is 3.31. The summed E-state index contributed by atoms with van der Waals surface area (Å²) in [6.45, 7) is 0.474. The van der Waals surface area contributed by atoms with Crippen LogP contribution in [-0.2, 0) is 6.54 Å². The molecule has 6 heteroatoms. The molecule has 6 nitrogen and oxygen atoms in total. The van der Waals surface area contributed by atoms with Crippen LogP contribution in [0, 0.1) is 11.3 Å². The zero-order chi connectivity index (χ0) is 23.3. The molecule has 1 aromatic heterocycles. The maximum atomic E-state index is 9.56. The number of hydrogen-bond donors (Lipinski definition) is 1. The van der Waals surface area contributed by atoms with E-state index in [9.17, 15) is 5.26 Å². The van der Waals surface area contributed by atoms with Crippen molar-refractivity contribution in [2.24, 2.45) is 0 Å². The Morgan fingerprint density at radius 3 is 2.26 bits per heavy atom. The number of rotatable bonds is 7. The number of aromatic nitrogens is 1. The van der Waals surface area contributed by atoms with E-state index >= 15 is 0 Å². The van der Waals surface area contributed by atoms with Gasteiger partial charge in [-0.1, -0.05) is 48.5 Å². The standard InChI is InChI=1S/C28H21N3O3/c1-32-21-13-15-23(16-14-21)33-22-11-9-19(10-12-22)18-30-28-26(17-29)31-27(34-28)25-8-4-6-20-5-2-3-7-24(20)25/h2-16,30H,18H2,1H3. The van der Waals surface area contributed by atoms with E-state index in [0.717, 1.165) is 39.1 Å². The van der Waals surface area contributed by atoms with Gasteiger partial charge in [0.25, 0.3) is 0 Å². The number of nitrogens with zero attached hydrogens (tertiary/aromatic N) is 2. The molecule has 0 saturated heterocycles. The van der Waals surface area contributed by atoms with E-state index in [1.54, 1.807) is 7.11 Å². The smallest absolute Gasteiger partial charge is 0.232 e. The Morgan fingerprint density at radius 2 is 1.53 bits per heavy atom. The van der Waals surface area contributed by atoms with Crippen LogP contribution < -0.4 is 14.8 Å². The van der Waals surface area contributed by atoms with Gasteiger partial charge in [-0.25, -0.2) is 0 Å². The van der Waals surface area contributed by atoms with Crippen LogP contribution in [-0.4, -0.2) is 12.1 Å². The largest absolute Gasteiger partial charge is 0.497 e. The summed E-state index contributed by atoms with van der Waals surface area (Å²) < 4.78 is 17.0. The highest BCUT2D eigenvalue weighted by atomic mass is 16.5. The second-order valence-corrected chi connectivity index (χ2v) is 7.61. The van der Waals surface area contributed by atoms with Gasteiger partial charge in [0.15, 0.2) is 0 Å². The SMILES string of the molecule is COc1ccc(Oc2ccc(CNc3oc(-c4cccc5ccccc45)nc3C#N)cc2)cc1. The fraction of sp³-hybridized carbons (Fsp3) is 0.0714. The molecule has 0 fully saturated rings. The van der Waals surface area contributed by atoms with Crippen LogP contribution in [0.2, 0.25) is 0 Å². The van der Waals surface area contributed by atoms with E-state index in [-0.39, 0.29) is 5.69 Å². The number of oxazole rings is 1. The first kappa shape index (κ1) is 21.1. The lowest BCUT2D eigenvalue weighted by Crippen LogP contribution is -1.99. The van der Waals surface area contributed by atoms with Gasteiger partial charge in [0, 0.05) is 12.1 Å². The molecule has 5 aromatic rings. The first-order valence-corrected chi connectivity index (χ1v) is 10.8. The molecule has 166 valence electrons. The fourth-order valence-corrected chi connectivity index (χ4v) is 3.68. The van der Waals surface area contributed by atoms with Crippen molar-refractivity contribution in [1.82, 2.24) is 4.98 Å². The molecular weight excluding hydrogens is 426 g/mol. The van der Waals surface area contributed by atoms with Crippen molar-refractivity contribution in [2.45, 2.75) is 6.54 Å². The van der Waals surface area contributed by atoms with E-state index in [2.05, 4.69) is 16.4 Å². The Balaban J connectivity index is 1.29. The summed E-state index contributed by atoms with van der Waals surface area (Å²) in [4.78, 5) is 4.42. The molecule has 0 bridgehead atoms. The molecule has 0 saturated carbocycles. The molecule has 0 amide bonds. The minimum absolute atomic E-state index is 0.224. The normalized spacial score (nSPS) is 10.6. The van der Waals surface area contributed by atoms with Gasteiger partial charge in [-0.3, -0.25) is 0 Å². The van der Waals surface area contributed by atoms with Crippen molar-refractivity contribution in [3.8, 4) is 34.8 Å². The molecule has 1 heterocycles. The zero-order valence-corrected chi connectivity index (χ0v) is 18.5. The van der Waals surface area contributed by atoms with Gasteiger partial charge >= 0.3 is 0 Å². The number of hydrogen-bond acceptors (Lipinski definition) is 6. The molecule has 0 aliphatic carbocycles. The maximum absolute atomic E-state index is 9.56. The van der Waals surface area contributed by atoms with Crippen molar-refractivity contribution in [2.75, 3.05) is 12.4 Å². The minimum atomic E-state index is 0.224. The number of fused-ring (bicyclic) bond motifs is 1. The molecule has 0 spiro atoms.